The van der Waals surface area contributed by atoms with Crippen molar-refractivity contribution >= 4 is 27.7 Å². The first-order valence-electron chi connectivity index (χ1n) is 9.15. The SMILES string of the molecule is O=C(Nc1ccc2c(c1Br)C(O)(OC(F)F)Oc1ccccc1-2)OCc1ccccc1. The zero-order valence-electron chi connectivity index (χ0n) is 15.8. The van der Waals surface area contributed by atoms with Gasteiger partial charge < -0.3 is 14.6 Å². The van der Waals surface area contributed by atoms with Crippen molar-refractivity contribution in [3.8, 4) is 16.9 Å². The summed E-state index contributed by atoms with van der Waals surface area (Å²) in [6, 6.07) is 18.8. The highest BCUT2D eigenvalue weighted by Gasteiger charge is 2.45. The van der Waals surface area contributed by atoms with E-state index in [2.05, 4.69) is 26.0 Å². The second-order valence-corrected chi connectivity index (χ2v) is 7.39. The normalized spacial score (nSPS) is 16.8. The number of carbonyl (C=O) groups excluding carboxylic acids is 1. The van der Waals surface area contributed by atoms with Gasteiger partial charge in [0.1, 0.15) is 12.4 Å². The number of alkyl halides is 2. The van der Waals surface area contributed by atoms with Crippen molar-refractivity contribution in [1.82, 2.24) is 0 Å². The van der Waals surface area contributed by atoms with Crippen LogP contribution in [0.3, 0.4) is 0 Å². The van der Waals surface area contributed by atoms with Gasteiger partial charge in [-0.25, -0.2) is 4.79 Å². The molecule has 3 aromatic rings. The summed E-state index contributed by atoms with van der Waals surface area (Å²) in [7, 11) is 0. The molecule has 0 radical (unpaired) electrons. The lowest BCUT2D eigenvalue weighted by Crippen LogP contribution is -2.40. The average molecular weight is 492 g/mol. The van der Waals surface area contributed by atoms with Crippen LogP contribution in [0.1, 0.15) is 11.1 Å². The molecule has 0 fully saturated rings. The molecule has 1 heterocycles. The quantitative estimate of drug-likeness (QED) is 0.454. The van der Waals surface area contributed by atoms with Crippen LogP contribution in [0.2, 0.25) is 0 Å². The first-order valence-corrected chi connectivity index (χ1v) is 9.94. The van der Waals surface area contributed by atoms with Crippen LogP contribution >= 0.6 is 15.9 Å². The lowest BCUT2D eigenvalue weighted by Gasteiger charge is -2.35. The van der Waals surface area contributed by atoms with Gasteiger partial charge in [-0.15, -0.1) is 0 Å². The van der Waals surface area contributed by atoms with Crippen molar-refractivity contribution in [2.75, 3.05) is 5.32 Å². The number of para-hydroxylation sites is 1. The van der Waals surface area contributed by atoms with Crippen molar-refractivity contribution < 1.29 is 32.9 Å². The molecule has 0 bridgehead atoms. The summed E-state index contributed by atoms with van der Waals surface area (Å²) in [4.78, 5) is 12.2. The first kappa shape index (κ1) is 21.2. The van der Waals surface area contributed by atoms with Gasteiger partial charge in [0, 0.05) is 5.56 Å². The Balaban J connectivity index is 1.65. The van der Waals surface area contributed by atoms with Gasteiger partial charge in [0.05, 0.1) is 15.7 Å². The summed E-state index contributed by atoms with van der Waals surface area (Å²) in [6.07, 6.45) is -0.764. The number of carbonyl (C=O) groups is 1. The molecule has 0 aliphatic carbocycles. The number of benzene rings is 3. The lowest BCUT2D eigenvalue weighted by molar-refractivity contribution is -0.388. The number of hydrogen-bond donors (Lipinski definition) is 2. The minimum absolute atomic E-state index is 0.0458. The molecular weight excluding hydrogens is 476 g/mol. The summed E-state index contributed by atoms with van der Waals surface area (Å²) >= 11 is 3.27. The minimum Gasteiger partial charge on any atom is -0.444 e. The third-order valence-electron chi connectivity index (χ3n) is 4.58. The molecular formula is C22H16BrF2NO5. The van der Waals surface area contributed by atoms with E-state index in [-0.39, 0.29) is 28.1 Å². The number of rotatable bonds is 5. The summed E-state index contributed by atoms with van der Waals surface area (Å²) in [5.74, 6) is -2.60. The summed E-state index contributed by atoms with van der Waals surface area (Å²) in [5, 5.41) is 13.4. The molecule has 1 aliphatic heterocycles. The van der Waals surface area contributed by atoms with Crippen LogP contribution in [0, 0.1) is 0 Å². The van der Waals surface area contributed by atoms with E-state index >= 15 is 0 Å². The fourth-order valence-corrected chi connectivity index (χ4v) is 3.95. The third-order valence-corrected chi connectivity index (χ3v) is 5.41. The zero-order valence-corrected chi connectivity index (χ0v) is 17.4. The maximum Gasteiger partial charge on any atom is 0.411 e. The average Bonchev–Trinajstić information content (AvgIpc) is 2.74. The number of fused-ring (bicyclic) bond motifs is 3. The van der Waals surface area contributed by atoms with E-state index in [4.69, 9.17) is 9.47 Å². The van der Waals surface area contributed by atoms with E-state index in [1.165, 1.54) is 6.07 Å². The maximum absolute atomic E-state index is 13.1. The fraction of sp³-hybridized carbons (Fsp3) is 0.136. The molecule has 3 aromatic carbocycles. The van der Waals surface area contributed by atoms with E-state index in [0.29, 0.717) is 11.1 Å². The van der Waals surface area contributed by atoms with Gasteiger partial charge in [0.25, 0.3) is 0 Å². The highest BCUT2D eigenvalue weighted by molar-refractivity contribution is 9.10. The van der Waals surface area contributed by atoms with Crippen molar-refractivity contribution in [1.29, 1.82) is 0 Å². The smallest absolute Gasteiger partial charge is 0.411 e. The Morgan fingerprint density at radius 2 is 1.77 bits per heavy atom. The second-order valence-electron chi connectivity index (χ2n) is 6.59. The number of amides is 1. The predicted molar refractivity (Wildman–Crippen MR) is 111 cm³/mol. The maximum atomic E-state index is 13.1. The van der Waals surface area contributed by atoms with Crippen molar-refractivity contribution in [2.45, 2.75) is 19.2 Å². The molecule has 4 rings (SSSR count). The number of aliphatic hydroxyl groups is 1. The van der Waals surface area contributed by atoms with Crippen LogP contribution in [0.4, 0.5) is 19.3 Å². The number of ether oxygens (including phenoxy) is 3. The number of hydrogen-bond acceptors (Lipinski definition) is 5. The van der Waals surface area contributed by atoms with E-state index in [1.54, 1.807) is 42.5 Å². The Bertz CT molecular complexity index is 1110. The lowest BCUT2D eigenvalue weighted by atomic mass is 9.94. The van der Waals surface area contributed by atoms with Crippen molar-refractivity contribution in [2.24, 2.45) is 0 Å². The largest absolute Gasteiger partial charge is 0.444 e. The number of anilines is 1. The Hall–Kier alpha value is -3.01. The van der Waals surface area contributed by atoms with E-state index in [9.17, 15) is 18.7 Å². The molecule has 2 N–H and O–H groups in total. The van der Waals surface area contributed by atoms with E-state index in [1.807, 2.05) is 18.2 Å². The van der Waals surface area contributed by atoms with Gasteiger partial charge in [-0.3, -0.25) is 10.1 Å². The summed E-state index contributed by atoms with van der Waals surface area (Å²) in [5.41, 5.74) is 1.84. The van der Waals surface area contributed by atoms with Gasteiger partial charge in [-0.05, 0) is 39.2 Å². The van der Waals surface area contributed by atoms with E-state index in [0.717, 1.165) is 5.56 Å². The molecule has 0 spiro atoms. The molecule has 1 aliphatic rings. The van der Waals surface area contributed by atoms with Gasteiger partial charge in [-0.2, -0.15) is 8.78 Å². The number of nitrogens with one attached hydrogen (secondary N) is 1. The fourth-order valence-electron chi connectivity index (χ4n) is 3.26. The van der Waals surface area contributed by atoms with Crippen LogP contribution in [0.15, 0.2) is 71.2 Å². The molecule has 1 unspecified atom stereocenters. The molecule has 6 nitrogen and oxygen atoms in total. The Morgan fingerprint density at radius 1 is 1.06 bits per heavy atom. The van der Waals surface area contributed by atoms with Crippen LogP contribution in [0.5, 0.6) is 5.75 Å². The van der Waals surface area contributed by atoms with Gasteiger partial charge in [0.2, 0.25) is 0 Å². The van der Waals surface area contributed by atoms with Gasteiger partial charge in [-0.1, -0.05) is 54.6 Å². The van der Waals surface area contributed by atoms with Crippen molar-refractivity contribution in [3.63, 3.8) is 0 Å². The highest BCUT2D eigenvalue weighted by atomic mass is 79.9. The first-order chi connectivity index (χ1) is 14.9. The van der Waals surface area contributed by atoms with Gasteiger partial charge >= 0.3 is 18.7 Å². The van der Waals surface area contributed by atoms with Crippen LogP contribution in [-0.4, -0.2) is 17.8 Å². The molecule has 160 valence electrons. The molecule has 9 heteroatoms. The Morgan fingerprint density at radius 3 is 2.52 bits per heavy atom. The van der Waals surface area contributed by atoms with Crippen LogP contribution < -0.4 is 10.1 Å². The Labute approximate surface area is 184 Å². The number of halogens is 3. The molecule has 0 saturated carbocycles. The topological polar surface area (TPSA) is 77.0 Å². The summed E-state index contributed by atoms with van der Waals surface area (Å²) in [6.45, 7) is -3.27. The monoisotopic (exact) mass is 491 g/mol. The molecule has 31 heavy (non-hydrogen) atoms. The minimum atomic E-state index is -3.32. The third kappa shape index (κ3) is 4.39. The zero-order chi connectivity index (χ0) is 22.0. The highest BCUT2D eigenvalue weighted by Crippen LogP contribution is 2.49. The van der Waals surface area contributed by atoms with Crippen LogP contribution in [0.25, 0.3) is 11.1 Å². The molecule has 1 atom stereocenters. The predicted octanol–water partition coefficient (Wildman–Crippen LogP) is 5.60. The molecule has 0 saturated heterocycles. The van der Waals surface area contributed by atoms with Crippen LogP contribution in [-0.2, 0) is 22.1 Å². The molecule has 1 amide bonds. The molecule has 0 aromatic heterocycles. The van der Waals surface area contributed by atoms with Crippen molar-refractivity contribution in [3.05, 3.63) is 82.3 Å². The second kappa shape index (κ2) is 8.62. The van der Waals surface area contributed by atoms with E-state index < -0.39 is 18.7 Å². The summed E-state index contributed by atoms with van der Waals surface area (Å²) < 4.78 is 41.3. The standard InChI is InChI=1S/C22H16BrF2NO5/c23-19-16(26-21(27)29-12-13-6-2-1-3-7-13)11-10-15-14-8-4-5-9-17(14)30-22(28,18(15)19)31-20(24)25/h1-11,20,28H,12H2,(H,26,27). The van der Waals surface area contributed by atoms with Gasteiger partial charge in [0.15, 0.2) is 0 Å². The Kier molecular flexibility index (Phi) is 5.90.